The minimum atomic E-state index is -0.366. The lowest BCUT2D eigenvalue weighted by Crippen LogP contribution is -2.09. The van der Waals surface area contributed by atoms with E-state index in [2.05, 4.69) is 84.5 Å². The summed E-state index contributed by atoms with van der Waals surface area (Å²) in [6.45, 7) is 6.05. The molecule has 268 valence electrons. The molecule has 3 aromatic rings. The van der Waals surface area contributed by atoms with Crippen LogP contribution < -0.4 is 0 Å². The van der Waals surface area contributed by atoms with E-state index in [1.807, 2.05) is 0 Å². The van der Waals surface area contributed by atoms with Gasteiger partial charge in [0.15, 0.2) is 0 Å². The molecule has 0 saturated heterocycles. The average Bonchev–Trinajstić information content (AvgIpc) is 3.93. The van der Waals surface area contributed by atoms with Gasteiger partial charge in [-0.05, 0) is 86.4 Å². The molecule has 2 N–H and O–H groups in total. The molecule has 0 fully saturated rings. The van der Waals surface area contributed by atoms with E-state index in [9.17, 15) is 4.79 Å². The number of aromatic nitrogens is 4. The third-order valence-electron chi connectivity index (χ3n) is 10.0. The normalized spacial score (nSPS) is 12.9. The maximum atomic E-state index is 12.4. The molecule has 1 atom stereocenters. The number of hydrogen-bond acceptors (Lipinski definition) is 4. The van der Waals surface area contributed by atoms with Gasteiger partial charge in [-0.3, -0.25) is 4.79 Å². The van der Waals surface area contributed by atoms with Crippen molar-refractivity contribution in [1.29, 1.82) is 0 Å². The number of fused-ring (bicyclic) bond motifs is 8. The van der Waals surface area contributed by atoms with Gasteiger partial charge in [0.05, 0.1) is 22.8 Å². The maximum absolute atomic E-state index is 12.4. The lowest BCUT2D eigenvalue weighted by molar-refractivity contribution is -0.147. The van der Waals surface area contributed by atoms with Crippen LogP contribution in [0.5, 0.6) is 0 Å². The number of esters is 1. The van der Waals surface area contributed by atoms with Crippen LogP contribution in [0, 0.1) is 0 Å². The number of hydrogen-bond donors (Lipinski definition) is 2. The summed E-state index contributed by atoms with van der Waals surface area (Å²) in [5, 5.41) is 0. The predicted molar refractivity (Wildman–Crippen MR) is 212 cm³/mol. The number of carbonyl (C=O) groups is 1. The molecule has 0 radical (unpaired) electrons. The van der Waals surface area contributed by atoms with Crippen LogP contribution in [0.4, 0.5) is 0 Å². The summed E-state index contributed by atoms with van der Waals surface area (Å²) in [5.41, 5.74) is 9.87. The SMILES string of the molecule is CCCCCCCCCCCc1c2nc(cc3ccc([nH]3)c(C(CCCCCCCCCC)OC(C)=O)c3ccc(cc4nc1C=C4)[nH]3)C=C2. The molecule has 5 rings (SSSR count). The zero-order chi connectivity index (χ0) is 35.0. The summed E-state index contributed by atoms with van der Waals surface area (Å²) in [5.74, 6) is -0.262. The fraction of sp³-hybridized carbons (Fsp3) is 0.523. The molecule has 8 bridgehead atoms. The molecule has 0 aromatic carbocycles. The van der Waals surface area contributed by atoms with Crippen molar-refractivity contribution in [3.05, 3.63) is 70.3 Å². The Hall–Kier alpha value is -3.93. The molecule has 0 aliphatic carbocycles. The van der Waals surface area contributed by atoms with Gasteiger partial charge in [0.1, 0.15) is 6.10 Å². The first-order valence-electron chi connectivity index (χ1n) is 19.8. The molecule has 6 nitrogen and oxygen atoms in total. The van der Waals surface area contributed by atoms with E-state index in [1.54, 1.807) is 0 Å². The second-order valence-electron chi connectivity index (χ2n) is 14.3. The monoisotopic (exact) mass is 676 g/mol. The molecule has 2 aliphatic rings. The lowest BCUT2D eigenvalue weighted by atomic mass is 10.0. The van der Waals surface area contributed by atoms with E-state index in [1.165, 1.54) is 102 Å². The quantitative estimate of drug-likeness (QED) is 0.0598. The Morgan fingerprint density at radius 2 is 1.08 bits per heavy atom. The molecule has 50 heavy (non-hydrogen) atoms. The van der Waals surface area contributed by atoms with E-state index in [0.29, 0.717) is 0 Å². The first-order valence-corrected chi connectivity index (χ1v) is 19.8. The topological polar surface area (TPSA) is 83.7 Å². The maximum Gasteiger partial charge on any atom is 0.303 e. The Morgan fingerprint density at radius 3 is 1.56 bits per heavy atom. The average molecular weight is 677 g/mol. The second-order valence-corrected chi connectivity index (χ2v) is 14.3. The van der Waals surface area contributed by atoms with Crippen LogP contribution in [-0.4, -0.2) is 25.9 Å². The zero-order valence-electron chi connectivity index (χ0n) is 31.0. The number of unbranched alkanes of at least 4 members (excludes halogenated alkanes) is 15. The van der Waals surface area contributed by atoms with Crippen molar-refractivity contribution < 1.29 is 9.53 Å². The smallest absolute Gasteiger partial charge is 0.303 e. The van der Waals surface area contributed by atoms with E-state index in [4.69, 9.17) is 14.7 Å². The highest BCUT2D eigenvalue weighted by Crippen LogP contribution is 2.32. The van der Waals surface area contributed by atoms with Crippen LogP contribution in [0.2, 0.25) is 0 Å². The number of nitrogens with one attached hydrogen (secondary N) is 2. The van der Waals surface area contributed by atoms with Crippen molar-refractivity contribution >= 4 is 52.3 Å². The molecule has 0 amide bonds. The van der Waals surface area contributed by atoms with E-state index < -0.39 is 0 Å². The van der Waals surface area contributed by atoms with Gasteiger partial charge in [0, 0.05) is 40.1 Å². The largest absolute Gasteiger partial charge is 0.458 e. The molecule has 0 saturated carbocycles. The van der Waals surface area contributed by atoms with Crippen LogP contribution in [0.25, 0.3) is 46.4 Å². The van der Waals surface area contributed by atoms with Crippen molar-refractivity contribution in [3.63, 3.8) is 0 Å². The summed E-state index contributed by atoms with van der Waals surface area (Å²) in [7, 11) is 0. The van der Waals surface area contributed by atoms with E-state index in [0.717, 1.165) is 82.5 Å². The fourth-order valence-electron chi connectivity index (χ4n) is 7.30. The summed E-state index contributed by atoms with van der Waals surface area (Å²) in [4.78, 5) is 29.9. The van der Waals surface area contributed by atoms with Gasteiger partial charge in [0.25, 0.3) is 0 Å². The third kappa shape index (κ3) is 11.3. The Labute approximate surface area is 300 Å². The Balaban J connectivity index is 1.43. The van der Waals surface area contributed by atoms with Crippen molar-refractivity contribution in [1.82, 2.24) is 19.9 Å². The third-order valence-corrected chi connectivity index (χ3v) is 10.0. The minimum Gasteiger partial charge on any atom is -0.458 e. The van der Waals surface area contributed by atoms with Crippen LogP contribution in [0.15, 0.2) is 36.4 Å². The Kier molecular flexibility index (Phi) is 15.0. The minimum absolute atomic E-state index is 0.262. The molecule has 6 heteroatoms. The van der Waals surface area contributed by atoms with Crippen LogP contribution >= 0.6 is 0 Å². The molecular weight excluding hydrogens is 617 g/mol. The number of nitrogens with zero attached hydrogens (tertiary/aromatic N) is 2. The molecule has 2 aliphatic heterocycles. The molecular formula is C44H60N4O2. The van der Waals surface area contributed by atoms with Gasteiger partial charge in [-0.1, -0.05) is 110 Å². The Morgan fingerprint density at radius 1 is 0.620 bits per heavy atom. The van der Waals surface area contributed by atoms with Crippen molar-refractivity contribution in [2.75, 3.05) is 0 Å². The van der Waals surface area contributed by atoms with Gasteiger partial charge in [-0.25, -0.2) is 9.97 Å². The van der Waals surface area contributed by atoms with Crippen molar-refractivity contribution in [3.8, 4) is 0 Å². The van der Waals surface area contributed by atoms with Gasteiger partial charge in [0.2, 0.25) is 0 Å². The van der Waals surface area contributed by atoms with Crippen molar-refractivity contribution in [2.45, 2.75) is 149 Å². The lowest BCUT2D eigenvalue weighted by Gasteiger charge is -2.18. The second kappa shape index (κ2) is 20.1. The fourth-order valence-corrected chi connectivity index (χ4v) is 7.30. The standard InChI is InChI=1S/C44H60N4O2/c1-4-6-8-10-12-14-15-17-19-21-38-39-27-23-34(45-39)31-36-25-29-41(47-36)44(42-30-26-37(48-42)32-35-24-28-40(38)46-35)43(50-33(3)49)22-20-18-16-13-11-9-7-5-2/h23-32,43,47-48H,4-22H2,1-3H3. The molecule has 0 spiro atoms. The van der Waals surface area contributed by atoms with Crippen LogP contribution in [-0.2, 0) is 16.0 Å². The van der Waals surface area contributed by atoms with Crippen LogP contribution in [0.3, 0.4) is 0 Å². The summed E-state index contributed by atoms with van der Waals surface area (Å²) in [6, 6.07) is 12.6. The highest BCUT2D eigenvalue weighted by molar-refractivity contribution is 5.81. The van der Waals surface area contributed by atoms with Gasteiger partial charge in [-0.15, -0.1) is 0 Å². The number of carbonyl (C=O) groups excluding carboxylic acids is 1. The molecule has 5 heterocycles. The molecule has 3 aromatic heterocycles. The highest BCUT2D eigenvalue weighted by Gasteiger charge is 2.20. The number of H-pyrrole nitrogens is 2. The summed E-state index contributed by atoms with van der Waals surface area (Å²) >= 11 is 0. The van der Waals surface area contributed by atoms with E-state index in [-0.39, 0.29) is 12.1 Å². The summed E-state index contributed by atoms with van der Waals surface area (Å²) < 4.78 is 6.06. The zero-order valence-corrected chi connectivity index (χ0v) is 31.0. The first-order chi connectivity index (χ1) is 24.5. The number of rotatable bonds is 21. The summed E-state index contributed by atoms with van der Waals surface area (Å²) in [6.07, 6.45) is 31.5. The highest BCUT2D eigenvalue weighted by atomic mass is 16.5. The predicted octanol–water partition coefficient (Wildman–Crippen LogP) is 12.9. The van der Waals surface area contributed by atoms with Gasteiger partial charge < -0.3 is 14.7 Å². The van der Waals surface area contributed by atoms with Gasteiger partial charge in [-0.2, -0.15) is 0 Å². The van der Waals surface area contributed by atoms with Crippen LogP contribution in [0.1, 0.15) is 176 Å². The Bertz CT molecular complexity index is 1650. The number of ether oxygens (including phenoxy) is 1. The van der Waals surface area contributed by atoms with Gasteiger partial charge >= 0.3 is 5.97 Å². The number of aromatic amines is 2. The van der Waals surface area contributed by atoms with E-state index >= 15 is 0 Å². The first kappa shape index (κ1) is 37.3. The molecule has 1 unspecified atom stereocenters. The van der Waals surface area contributed by atoms with Crippen molar-refractivity contribution in [2.24, 2.45) is 0 Å².